The zero-order valence-corrected chi connectivity index (χ0v) is 9.15. The molecular weight excluding hydrogens is 214 g/mol. The molecule has 0 saturated heterocycles. The third-order valence-electron chi connectivity index (χ3n) is 2.50. The summed E-state index contributed by atoms with van der Waals surface area (Å²) in [4.78, 5) is 23.2. The highest BCUT2D eigenvalue weighted by molar-refractivity contribution is 7.17. The van der Waals surface area contributed by atoms with E-state index >= 15 is 0 Å². The van der Waals surface area contributed by atoms with Crippen molar-refractivity contribution in [2.24, 2.45) is 0 Å². The van der Waals surface area contributed by atoms with Gasteiger partial charge in [-0.2, -0.15) is 0 Å². The van der Waals surface area contributed by atoms with Crippen molar-refractivity contribution in [2.75, 3.05) is 12.4 Å². The van der Waals surface area contributed by atoms with E-state index in [1.54, 1.807) is 0 Å². The second-order valence-electron chi connectivity index (χ2n) is 3.32. The average molecular weight is 225 g/mol. The van der Waals surface area contributed by atoms with E-state index in [1.807, 2.05) is 0 Å². The summed E-state index contributed by atoms with van der Waals surface area (Å²) in [5.74, 6) is -0.362. The highest BCUT2D eigenvalue weighted by atomic mass is 32.1. The summed E-state index contributed by atoms with van der Waals surface area (Å²) >= 11 is 1.47. The van der Waals surface area contributed by atoms with Crippen LogP contribution in [0.2, 0.25) is 0 Å². The van der Waals surface area contributed by atoms with E-state index in [0.717, 1.165) is 24.8 Å². The molecule has 1 aromatic heterocycles. The molecule has 0 aromatic carbocycles. The first-order valence-electron chi connectivity index (χ1n) is 4.71. The SMILES string of the molecule is COC(=O)c1c(NC=O)sc2c1CCC2. The predicted molar refractivity (Wildman–Crippen MR) is 57.4 cm³/mol. The van der Waals surface area contributed by atoms with Crippen molar-refractivity contribution in [1.29, 1.82) is 0 Å². The van der Waals surface area contributed by atoms with E-state index in [4.69, 9.17) is 4.74 Å². The molecule has 1 amide bonds. The first-order chi connectivity index (χ1) is 7.27. The van der Waals surface area contributed by atoms with Gasteiger partial charge in [-0.1, -0.05) is 0 Å². The second-order valence-corrected chi connectivity index (χ2v) is 4.42. The summed E-state index contributed by atoms with van der Waals surface area (Å²) in [6.45, 7) is 0. The first kappa shape index (κ1) is 10.2. The number of amides is 1. The molecule has 1 heterocycles. The second kappa shape index (κ2) is 4.02. The predicted octanol–water partition coefficient (Wildman–Crippen LogP) is 1.59. The lowest BCUT2D eigenvalue weighted by Crippen LogP contribution is -2.06. The Morgan fingerprint density at radius 3 is 3.00 bits per heavy atom. The Hall–Kier alpha value is -1.36. The molecule has 1 aliphatic rings. The van der Waals surface area contributed by atoms with Crippen LogP contribution >= 0.6 is 11.3 Å². The molecular formula is C10H11NO3S. The van der Waals surface area contributed by atoms with Crippen molar-refractivity contribution in [3.8, 4) is 0 Å². The number of fused-ring (bicyclic) bond motifs is 1. The molecule has 0 spiro atoms. The van der Waals surface area contributed by atoms with Gasteiger partial charge in [0.1, 0.15) is 5.00 Å². The Labute approximate surface area is 91.2 Å². The summed E-state index contributed by atoms with van der Waals surface area (Å²) < 4.78 is 4.72. The van der Waals surface area contributed by atoms with Crippen LogP contribution in [0.3, 0.4) is 0 Å². The van der Waals surface area contributed by atoms with Crippen molar-refractivity contribution in [2.45, 2.75) is 19.3 Å². The minimum Gasteiger partial charge on any atom is -0.465 e. The Kier molecular flexibility index (Phi) is 2.73. The van der Waals surface area contributed by atoms with Gasteiger partial charge in [0.25, 0.3) is 0 Å². The topological polar surface area (TPSA) is 55.4 Å². The Balaban J connectivity index is 2.47. The molecule has 0 unspecified atom stereocenters. The number of esters is 1. The van der Waals surface area contributed by atoms with Crippen LogP contribution in [-0.2, 0) is 22.4 Å². The van der Waals surface area contributed by atoms with E-state index in [2.05, 4.69) is 5.32 Å². The quantitative estimate of drug-likeness (QED) is 0.628. The molecule has 0 radical (unpaired) electrons. The molecule has 80 valence electrons. The fourth-order valence-corrected chi connectivity index (χ4v) is 3.11. The van der Waals surface area contributed by atoms with Crippen LogP contribution < -0.4 is 5.32 Å². The highest BCUT2D eigenvalue weighted by Crippen LogP contribution is 2.39. The molecule has 0 bridgehead atoms. The van der Waals surface area contributed by atoms with Gasteiger partial charge < -0.3 is 10.1 Å². The number of hydrogen-bond acceptors (Lipinski definition) is 4. The largest absolute Gasteiger partial charge is 0.465 e. The summed E-state index contributed by atoms with van der Waals surface area (Å²) in [5, 5.41) is 3.17. The number of ether oxygens (including phenoxy) is 1. The molecule has 5 heteroatoms. The van der Waals surface area contributed by atoms with E-state index in [1.165, 1.54) is 23.3 Å². The number of rotatable bonds is 3. The number of hydrogen-bond donors (Lipinski definition) is 1. The van der Waals surface area contributed by atoms with Gasteiger partial charge in [-0.3, -0.25) is 4.79 Å². The zero-order valence-electron chi connectivity index (χ0n) is 8.33. The number of anilines is 1. The van der Waals surface area contributed by atoms with Gasteiger partial charge >= 0.3 is 5.97 Å². The Morgan fingerprint density at radius 2 is 2.33 bits per heavy atom. The fourth-order valence-electron chi connectivity index (χ4n) is 1.88. The number of carbonyl (C=O) groups excluding carboxylic acids is 2. The van der Waals surface area contributed by atoms with E-state index in [9.17, 15) is 9.59 Å². The van der Waals surface area contributed by atoms with Gasteiger partial charge in [0.15, 0.2) is 0 Å². The molecule has 4 nitrogen and oxygen atoms in total. The van der Waals surface area contributed by atoms with Crippen molar-refractivity contribution in [3.05, 3.63) is 16.0 Å². The van der Waals surface area contributed by atoms with Crippen LogP contribution in [0.1, 0.15) is 27.2 Å². The lowest BCUT2D eigenvalue weighted by Gasteiger charge is -2.02. The van der Waals surface area contributed by atoms with Crippen LogP contribution in [0, 0.1) is 0 Å². The van der Waals surface area contributed by atoms with Crippen molar-refractivity contribution in [1.82, 2.24) is 0 Å². The van der Waals surface area contributed by atoms with Gasteiger partial charge in [0, 0.05) is 4.88 Å². The smallest absolute Gasteiger partial charge is 0.341 e. The standard InChI is InChI=1S/C10H11NO3S/c1-14-10(13)8-6-3-2-4-7(6)15-9(8)11-5-12/h5H,2-4H2,1H3,(H,11,12). The number of thiophene rings is 1. The summed E-state index contributed by atoms with van der Waals surface area (Å²) in [6, 6.07) is 0. The lowest BCUT2D eigenvalue weighted by molar-refractivity contribution is -0.105. The molecule has 0 fully saturated rings. The van der Waals surface area contributed by atoms with Gasteiger partial charge in [0.05, 0.1) is 12.7 Å². The highest BCUT2D eigenvalue weighted by Gasteiger charge is 2.26. The third-order valence-corrected chi connectivity index (χ3v) is 3.72. The molecule has 1 aromatic rings. The normalized spacial score (nSPS) is 13.4. The minimum absolute atomic E-state index is 0.362. The van der Waals surface area contributed by atoms with Crippen LogP contribution in [-0.4, -0.2) is 19.5 Å². The van der Waals surface area contributed by atoms with E-state index in [0.29, 0.717) is 17.0 Å². The summed E-state index contributed by atoms with van der Waals surface area (Å²) in [6.07, 6.45) is 3.56. The fraction of sp³-hybridized carbons (Fsp3) is 0.400. The molecule has 0 aliphatic heterocycles. The number of aryl methyl sites for hydroxylation is 1. The van der Waals surface area contributed by atoms with Crippen LogP contribution in [0.15, 0.2) is 0 Å². The lowest BCUT2D eigenvalue weighted by atomic mass is 10.1. The summed E-state index contributed by atoms with van der Waals surface area (Å²) in [7, 11) is 1.35. The van der Waals surface area contributed by atoms with Crippen LogP contribution in [0.25, 0.3) is 0 Å². The van der Waals surface area contributed by atoms with Crippen LogP contribution in [0.4, 0.5) is 5.00 Å². The van der Waals surface area contributed by atoms with Crippen molar-refractivity contribution >= 4 is 28.7 Å². The number of carbonyl (C=O) groups is 2. The zero-order chi connectivity index (χ0) is 10.8. The Bertz CT molecular complexity index is 411. The van der Waals surface area contributed by atoms with E-state index in [-0.39, 0.29) is 5.97 Å². The van der Waals surface area contributed by atoms with Crippen molar-refractivity contribution < 1.29 is 14.3 Å². The maximum atomic E-state index is 11.6. The molecule has 15 heavy (non-hydrogen) atoms. The third kappa shape index (κ3) is 1.63. The number of nitrogens with one attached hydrogen (secondary N) is 1. The average Bonchev–Trinajstić information content (AvgIpc) is 2.77. The molecule has 0 saturated carbocycles. The van der Waals surface area contributed by atoms with E-state index < -0.39 is 0 Å². The molecule has 1 N–H and O–H groups in total. The van der Waals surface area contributed by atoms with Gasteiger partial charge in [-0.15, -0.1) is 11.3 Å². The van der Waals surface area contributed by atoms with Crippen molar-refractivity contribution in [3.63, 3.8) is 0 Å². The maximum absolute atomic E-state index is 11.6. The maximum Gasteiger partial charge on any atom is 0.341 e. The van der Waals surface area contributed by atoms with Gasteiger partial charge in [-0.05, 0) is 24.8 Å². The number of methoxy groups -OCH3 is 1. The first-order valence-corrected chi connectivity index (χ1v) is 5.52. The molecule has 1 aliphatic carbocycles. The van der Waals surface area contributed by atoms with Gasteiger partial charge in [-0.25, -0.2) is 4.79 Å². The molecule has 2 rings (SSSR count). The Morgan fingerprint density at radius 1 is 1.53 bits per heavy atom. The monoisotopic (exact) mass is 225 g/mol. The minimum atomic E-state index is -0.362. The van der Waals surface area contributed by atoms with Gasteiger partial charge in [0.2, 0.25) is 6.41 Å². The van der Waals surface area contributed by atoms with Crippen LogP contribution in [0.5, 0.6) is 0 Å². The summed E-state index contributed by atoms with van der Waals surface area (Å²) in [5.41, 5.74) is 1.60. The molecule has 0 atom stereocenters.